The Bertz CT molecular complexity index is 811. The number of nitrogens with zero attached hydrogens (tertiary/aromatic N) is 2. The summed E-state index contributed by atoms with van der Waals surface area (Å²) >= 11 is 0. The van der Waals surface area contributed by atoms with Crippen molar-refractivity contribution in [3.05, 3.63) is 47.6 Å². The average molecular weight is 284 g/mol. The lowest BCUT2D eigenvalue weighted by molar-refractivity contribution is 0.100. The highest BCUT2D eigenvalue weighted by Crippen LogP contribution is 2.28. The zero-order valence-corrected chi connectivity index (χ0v) is 11.1. The van der Waals surface area contributed by atoms with Crippen molar-refractivity contribution in [1.29, 1.82) is 0 Å². The monoisotopic (exact) mass is 284 g/mol. The number of hydrogen-bond donors (Lipinski definition) is 2. The molecule has 0 radical (unpaired) electrons. The smallest absolute Gasteiger partial charge is 0.250 e. The van der Waals surface area contributed by atoms with Gasteiger partial charge in [-0.05, 0) is 30.2 Å². The van der Waals surface area contributed by atoms with E-state index < -0.39 is 5.91 Å². The van der Waals surface area contributed by atoms with Crippen molar-refractivity contribution in [1.82, 2.24) is 9.97 Å². The summed E-state index contributed by atoms with van der Waals surface area (Å²) in [7, 11) is 0. The van der Waals surface area contributed by atoms with Crippen LogP contribution in [-0.4, -0.2) is 15.9 Å². The maximum Gasteiger partial charge on any atom is 0.250 e. The first-order chi connectivity index (χ1) is 10.1. The number of pyridine rings is 2. The summed E-state index contributed by atoms with van der Waals surface area (Å²) in [5.74, 6) is -0.561. The van der Waals surface area contributed by atoms with Crippen LogP contribution in [0.2, 0.25) is 0 Å². The Balaban J connectivity index is 2.19. The number of primary amides is 1. The van der Waals surface area contributed by atoms with Gasteiger partial charge in [0.2, 0.25) is 0 Å². The van der Waals surface area contributed by atoms with Crippen molar-refractivity contribution in [2.24, 2.45) is 5.73 Å². The molecule has 0 aliphatic heterocycles. The number of anilines is 1. The van der Waals surface area contributed by atoms with Crippen molar-refractivity contribution >= 4 is 28.2 Å². The number of hydrogen-bond acceptors (Lipinski definition) is 4. The molecule has 0 atom stereocenters. The van der Waals surface area contributed by atoms with Crippen LogP contribution < -0.4 is 11.5 Å². The molecule has 2 aromatic heterocycles. The minimum absolute atomic E-state index is 0.175. The van der Waals surface area contributed by atoms with E-state index in [1.165, 1.54) is 12.3 Å². The molecule has 1 aliphatic rings. The molecule has 3 rings (SSSR count). The molecule has 0 saturated heterocycles. The molecule has 1 aliphatic carbocycles. The molecule has 21 heavy (non-hydrogen) atoms. The van der Waals surface area contributed by atoms with Gasteiger partial charge in [0.05, 0.1) is 11.3 Å². The minimum atomic E-state index is -0.593. The summed E-state index contributed by atoms with van der Waals surface area (Å²) < 4.78 is 13.4. The molecule has 0 aromatic carbocycles. The zero-order chi connectivity index (χ0) is 15.0. The van der Waals surface area contributed by atoms with E-state index >= 15 is 0 Å². The number of allylic oxidation sites excluding steroid dienone is 4. The number of nitrogens with two attached hydrogens (primary N) is 2. The van der Waals surface area contributed by atoms with Crippen LogP contribution in [0.5, 0.6) is 0 Å². The quantitative estimate of drug-likeness (QED) is 0.884. The van der Waals surface area contributed by atoms with Gasteiger partial charge in [-0.25, -0.2) is 14.4 Å². The van der Waals surface area contributed by atoms with Crippen LogP contribution in [0.4, 0.5) is 10.2 Å². The lowest BCUT2D eigenvalue weighted by atomic mass is 10.0. The zero-order valence-electron chi connectivity index (χ0n) is 11.1. The number of aromatic nitrogens is 2. The molecule has 106 valence electrons. The molecule has 6 heteroatoms. The molecular formula is C15H13FN4O. The average Bonchev–Trinajstić information content (AvgIpc) is 2.47. The molecular weight excluding hydrogens is 271 g/mol. The van der Waals surface area contributed by atoms with E-state index in [1.54, 1.807) is 12.1 Å². The van der Waals surface area contributed by atoms with Crippen molar-refractivity contribution in [3.63, 3.8) is 0 Å². The van der Waals surface area contributed by atoms with E-state index in [-0.39, 0.29) is 17.2 Å². The largest absolute Gasteiger partial charge is 0.382 e. The molecule has 0 saturated carbocycles. The minimum Gasteiger partial charge on any atom is -0.382 e. The number of halogens is 1. The lowest BCUT2D eigenvalue weighted by Gasteiger charge is -2.10. The predicted molar refractivity (Wildman–Crippen MR) is 78.9 cm³/mol. The first-order valence-corrected chi connectivity index (χ1v) is 6.48. The van der Waals surface area contributed by atoms with Gasteiger partial charge in [-0.3, -0.25) is 4.79 Å². The first-order valence-electron chi connectivity index (χ1n) is 6.48. The number of carbonyl (C=O) groups excluding carboxylic acids is 1. The van der Waals surface area contributed by atoms with Gasteiger partial charge in [-0.1, -0.05) is 6.08 Å². The van der Waals surface area contributed by atoms with Gasteiger partial charge >= 0.3 is 0 Å². The predicted octanol–water partition coefficient (Wildman–Crippen LogP) is 2.34. The fourth-order valence-corrected chi connectivity index (χ4v) is 2.34. The van der Waals surface area contributed by atoms with Crippen molar-refractivity contribution in [2.45, 2.75) is 12.8 Å². The molecule has 5 nitrogen and oxygen atoms in total. The van der Waals surface area contributed by atoms with Crippen LogP contribution in [0.25, 0.3) is 16.5 Å². The van der Waals surface area contributed by atoms with E-state index in [2.05, 4.69) is 9.97 Å². The number of amides is 1. The Hall–Kier alpha value is -2.76. The highest BCUT2D eigenvalue weighted by Gasteiger charge is 2.14. The second-order valence-electron chi connectivity index (χ2n) is 4.80. The topological polar surface area (TPSA) is 94.9 Å². The second-order valence-corrected chi connectivity index (χ2v) is 4.80. The van der Waals surface area contributed by atoms with Gasteiger partial charge in [0.25, 0.3) is 5.91 Å². The Morgan fingerprint density at radius 1 is 1.33 bits per heavy atom. The maximum atomic E-state index is 13.4. The summed E-state index contributed by atoms with van der Waals surface area (Å²) in [5.41, 5.74) is 13.1. The van der Waals surface area contributed by atoms with Crippen LogP contribution in [-0.2, 0) is 0 Å². The number of carbonyl (C=O) groups is 1. The lowest BCUT2D eigenvalue weighted by Crippen LogP contribution is -2.13. The van der Waals surface area contributed by atoms with Crippen molar-refractivity contribution in [3.8, 4) is 0 Å². The Labute approximate surface area is 120 Å². The van der Waals surface area contributed by atoms with Gasteiger partial charge in [-0.15, -0.1) is 0 Å². The van der Waals surface area contributed by atoms with E-state index in [0.717, 1.165) is 0 Å². The fraction of sp³-hybridized carbons (Fsp3) is 0.133. The van der Waals surface area contributed by atoms with Crippen molar-refractivity contribution < 1.29 is 9.18 Å². The van der Waals surface area contributed by atoms with Crippen LogP contribution in [0.15, 0.2) is 36.3 Å². The molecule has 4 N–H and O–H groups in total. The molecule has 2 heterocycles. The molecule has 0 fully saturated rings. The third-order valence-corrected chi connectivity index (χ3v) is 3.38. The standard InChI is InChI=1S/C15H13FN4O/c16-9-3-1-2-8(6-9)12-5-4-10-11(15(18)21)7-19-14(17)13(10)20-12/h2,4-7H,1,3H2,(H2,17,19)(H2,18,21). The summed E-state index contributed by atoms with van der Waals surface area (Å²) in [6, 6.07) is 3.42. The Morgan fingerprint density at radius 2 is 2.14 bits per heavy atom. The van der Waals surface area contributed by atoms with Gasteiger partial charge in [0, 0.05) is 18.0 Å². The van der Waals surface area contributed by atoms with E-state index in [1.807, 2.05) is 6.08 Å². The summed E-state index contributed by atoms with van der Waals surface area (Å²) in [6.07, 6.45) is 5.75. The van der Waals surface area contributed by atoms with Gasteiger partial charge in [0.15, 0.2) is 0 Å². The van der Waals surface area contributed by atoms with Gasteiger partial charge in [-0.2, -0.15) is 0 Å². The molecule has 0 bridgehead atoms. The molecule has 0 spiro atoms. The van der Waals surface area contributed by atoms with Crippen LogP contribution >= 0.6 is 0 Å². The second kappa shape index (κ2) is 4.97. The normalized spacial score (nSPS) is 14.7. The van der Waals surface area contributed by atoms with E-state index in [4.69, 9.17) is 11.5 Å². The Kier molecular flexibility index (Phi) is 3.13. The fourth-order valence-electron chi connectivity index (χ4n) is 2.34. The van der Waals surface area contributed by atoms with E-state index in [0.29, 0.717) is 35.0 Å². The first kappa shape index (κ1) is 13.2. The van der Waals surface area contributed by atoms with Crippen LogP contribution in [0.1, 0.15) is 28.9 Å². The number of fused-ring (bicyclic) bond motifs is 1. The van der Waals surface area contributed by atoms with Gasteiger partial charge < -0.3 is 11.5 Å². The Morgan fingerprint density at radius 3 is 2.86 bits per heavy atom. The van der Waals surface area contributed by atoms with Crippen LogP contribution in [0.3, 0.4) is 0 Å². The van der Waals surface area contributed by atoms with Crippen molar-refractivity contribution in [2.75, 3.05) is 5.73 Å². The summed E-state index contributed by atoms with van der Waals surface area (Å²) in [4.78, 5) is 19.7. The molecule has 0 unspecified atom stereocenters. The molecule has 2 aromatic rings. The maximum absolute atomic E-state index is 13.4. The third kappa shape index (κ3) is 2.35. The molecule has 1 amide bonds. The summed E-state index contributed by atoms with van der Waals surface area (Å²) in [5, 5.41) is 0.541. The highest BCUT2D eigenvalue weighted by molar-refractivity contribution is 6.07. The van der Waals surface area contributed by atoms with Crippen LogP contribution in [0, 0.1) is 0 Å². The third-order valence-electron chi connectivity index (χ3n) is 3.38. The van der Waals surface area contributed by atoms with E-state index in [9.17, 15) is 9.18 Å². The summed E-state index contributed by atoms with van der Waals surface area (Å²) in [6.45, 7) is 0. The SMILES string of the molecule is NC(=O)c1cnc(N)c2nc(C3=CCCC(F)=C3)ccc12. The number of rotatable bonds is 2. The highest BCUT2D eigenvalue weighted by atomic mass is 19.1. The number of nitrogen functional groups attached to an aromatic ring is 1. The van der Waals surface area contributed by atoms with Gasteiger partial charge in [0.1, 0.15) is 17.2 Å².